The molecule has 0 amide bonds. The molecule has 0 unspecified atom stereocenters. The number of carbonyl (C=O) groups is 4. The Bertz CT molecular complexity index is 786. The third-order valence-corrected chi connectivity index (χ3v) is 3.11. The largest absolute Gasteiger partial charge is 0.480 e. The number of anilines is 1. The predicted molar refractivity (Wildman–Crippen MR) is 89.2 cm³/mol. The Labute approximate surface area is 154 Å². The molecule has 146 valence electrons. The summed E-state index contributed by atoms with van der Waals surface area (Å²) in [6.07, 6.45) is 0.825. The van der Waals surface area contributed by atoms with Crippen molar-refractivity contribution in [2.24, 2.45) is 0 Å². The molecular weight excluding hydrogens is 364 g/mol. The Morgan fingerprint density at radius 3 is 2.04 bits per heavy atom. The molecule has 0 saturated heterocycles. The molecule has 1 aromatic heterocycles. The first-order chi connectivity index (χ1) is 12.8. The minimum atomic E-state index is -0.905. The molecule has 11 nitrogen and oxygen atoms in total. The zero-order valence-corrected chi connectivity index (χ0v) is 15.3. The second-order valence-corrected chi connectivity index (χ2v) is 4.62. The van der Waals surface area contributed by atoms with E-state index in [4.69, 9.17) is 4.74 Å². The number of methoxy groups -OCH3 is 5. The van der Waals surface area contributed by atoms with Crippen molar-refractivity contribution in [3.63, 3.8) is 0 Å². The smallest absolute Gasteiger partial charge is 0.354 e. The quantitative estimate of drug-likeness (QED) is 0.396. The minimum Gasteiger partial charge on any atom is -0.480 e. The monoisotopic (exact) mass is 382 g/mol. The number of carbonyl (C=O) groups excluding carboxylic acids is 4. The van der Waals surface area contributed by atoms with E-state index in [-0.39, 0.29) is 28.5 Å². The fraction of sp³-hybridized carbons (Fsp3) is 0.312. The lowest BCUT2D eigenvalue weighted by Crippen LogP contribution is -2.19. The van der Waals surface area contributed by atoms with Crippen LogP contribution in [0.1, 0.15) is 20.7 Å². The molecule has 1 heterocycles. The number of aromatic nitrogens is 1. The Hall–Kier alpha value is -3.63. The molecule has 0 radical (unpaired) electrons. The minimum absolute atomic E-state index is 0.111. The lowest BCUT2D eigenvalue weighted by Gasteiger charge is -2.14. The first-order valence-corrected chi connectivity index (χ1v) is 7.23. The molecule has 0 bridgehead atoms. The van der Waals surface area contributed by atoms with Crippen molar-refractivity contribution in [1.82, 2.24) is 4.98 Å². The molecule has 0 atom stereocenters. The summed E-state index contributed by atoms with van der Waals surface area (Å²) >= 11 is 0. The Kier molecular flexibility index (Phi) is 7.73. The van der Waals surface area contributed by atoms with E-state index in [1.54, 1.807) is 0 Å². The highest BCUT2D eigenvalue weighted by molar-refractivity contribution is 6.05. The Morgan fingerprint density at radius 1 is 0.926 bits per heavy atom. The zero-order valence-electron chi connectivity index (χ0n) is 15.3. The Balaban J connectivity index is 3.53. The summed E-state index contributed by atoms with van der Waals surface area (Å²) in [5.74, 6) is -3.89. The lowest BCUT2D eigenvalue weighted by atomic mass is 10.1. The fourth-order valence-electron chi connectivity index (χ4n) is 1.87. The van der Waals surface area contributed by atoms with Crippen molar-refractivity contribution in [1.29, 1.82) is 0 Å². The van der Waals surface area contributed by atoms with E-state index in [2.05, 4.69) is 29.2 Å². The van der Waals surface area contributed by atoms with Gasteiger partial charge in [0.05, 0.1) is 47.2 Å². The van der Waals surface area contributed by atoms with Crippen LogP contribution >= 0.6 is 0 Å². The van der Waals surface area contributed by atoms with Crippen molar-refractivity contribution < 1.29 is 42.9 Å². The van der Waals surface area contributed by atoms with Crippen LogP contribution in [0.5, 0.6) is 5.88 Å². The van der Waals surface area contributed by atoms with E-state index in [1.807, 2.05) is 0 Å². The number of esters is 4. The number of hydrogen-bond acceptors (Lipinski definition) is 11. The maximum Gasteiger partial charge on any atom is 0.354 e. The SMILES string of the molecule is COC(=O)/C=C(/Nc1cc(C(=O)OC)c(C(=O)OC)c(OC)n1)C(=O)OC. The summed E-state index contributed by atoms with van der Waals surface area (Å²) < 4.78 is 23.3. The van der Waals surface area contributed by atoms with Gasteiger partial charge in [0.1, 0.15) is 17.1 Å². The van der Waals surface area contributed by atoms with Crippen LogP contribution in [0, 0.1) is 0 Å². The molecule has 1 aromatic rings. The van der Waals surface area contributed by atoms with Gasteiger partial charge in [-0.2, -0.15) is 4.98 Å². The van der Waals surface area contributed by atoms with Crippen LogP contribution in [-0.2, 0) is 28.5 Å². The molecule has 27 heavy (non-hydrogen) atoms. The standard InChI is InChI=1S/C16H18N2O9/c1-23-11(19)7-9(15(21)26-4)17-10-6-8(14(20)25-3)12(16(22)27-5)13(18-10)24-2/h6-7H,1-5H3,(H,17,18)/b9-7+. The van der Waals surface area contributed by atoms with E-state index < -0.39 is 23.9 Å². The first-order valence-electron chi connectivity index (χ1n) is 7.23. The van der Waals surface area contributed by atoms with Crippen molar-refractivity contribution in [3.05, 3.63) is 29.0 Å². The van der Waals surface area contributed by atoms with Gasteiger partial charge < -0.3 is 29.0 Å². The van der Waals surface area contributed by atoms with Gasteiger partial charge in [0.25, 0.3) is 0 Å². The third-order valence-electron chi connectivity index (χ3n) is 3.11. The average molecular weight is 382 g/mol. The van der Waals surface area contributed by atoms with Gasteiger partial charge in [0.2, 0.25) is 5.88 Å². The summed E-state index contributed by atoms with van der Waals surface area (Å²) in [7, 11) is 5.66. The number of pyridine rings is 1. The highest BCUT2D eigenvalue weighted by Crippen LogP contribution is 2.26. The van der Waals surface area contributed by atoms with Gasteiger partial charge in [0.15, 0.2) is 0 Å². The van der Waals surface area contributed by atoms with Crippen molar-refractivity contribution in [2.75, 3.05) is 40.9 Å². The van der Waals surface area contributed by atoms with Gasteiger partial charge >= 0.3 is 23.9 Å². The molecule has 0 saturated carbocycles. The molecule has 11 heteroatoms. The van der Waals surface area contributed by atoms with Crippen LogP contribution < -0.4 is 10.1 Å². The van der Waals surface area contributed by atoms with Crippen molar-refractivity contribution in [3.8, 4) is 5.88 Å². The van der Waals surface area contributed by atoms with Gasteiger partial charge in [-0.05, 0) is 6.07 Å². The van der Waals surface area contributed by atoms with E-state index >= 15 is 0 Å². The Morgan fingerprint density at radius 2 is 1.56 bits per heavy atom. The maximum absolute atomic E-state index is 12.1. The highest BCUT2D eigenvalue weighted by Gasteiger charge is 2.27. The third kappa shape index (κ3) is 5.17. The normalized spacial score (nSPS) is 10.5. The van der Waals surface area contributed by atoms with Gasteiger partial charge in [-0.15, -0.1) is 0 Å². The fourth-order valence-corrected chi connectivity index (χ4v) is 1.87. The zero-order chi connectivity index (χ0) is 20.6. The summed E-state index contributed by atoms with van der Waals surface area (Å²) in [6.45, 7) is 0. The molecule has 0 aliphatic carbocycles. The highest BCUT2D eigenvalue weighted by atomic mass is 16.5. The van der Waals surface area contributed by atoms with Gasteiger partial charge in [-0.1, -0.05) is 0 Å². The van der Waals surface area contributed by atoms with Gasteiger partial charge in [-0.3, -0.25) is 0 Å². The van der Waals surface area contributed by atoms with E-state index in [0.29, 0.717) is 0 Å². The first kappa shape index (κ1) is 21.4. The molecule has 1 rings (SSSR count). The van der Waals surface area contributed by atoms with Crippen LogP contribution in [0.4, 0.5) is 5.82 Å². The van der Waals surface area contributed by atoms with Crippen LogP contribution in [0.2, 0.25) is 0 Å². The molecule has 0 aliphatic heterocycles. The summed E-state index contributed by atoms with van der Waals surface area (Å²) in [5, 5.41) is 2.51. The number of rotatable bonds is 7. The van der Waals surface area contributed by atoms with Crippen molar-refractivity contribution in [2.45, 2.75) is 0 Å². The molecule has 0 spiro atoms. The van der Waals surface area contributed by atoms with Gasteiger partial charge in [0, 0.05) is 0 Å². The van der Waals surface area contributed by atoms with Gasteiger partial charge in [-0.25, -0.2) is 19.2 Å². The number of ether oxygens (including phenoxy) is 5. The summed E-state index contributed by atoms with van der Waals surface area (Å²) in [5.41, 5.74) is -0.838. The molecule has 0 aromatic carbocycles. The number of nitrogens with one attached hydrogen (secondary N) is 1. The van der Waals surface area contributed by atoms with E-state index in [0.717, 1.165) is 40.6 Å². The lowest BCUT2D eigenvalue weighted by molar-refractivity contribution is -0.138. The number of nitrogens with zero attached hydrogens (tertiary/aromatic N) is 1. The van der Waals surface area contributed by atoms with Crippen LogP contribution in [0.15, 0.2) is 17.8 Å². The molecular formula is C16H18N2O9. The van der Waals surface area contributed by atoms with Crippen LogP contribution in [-0.4, -0.2) is 64.4 Å². The second kappa shape index (κ2) is 9.75. The molecule has 0 aliphatic rings. The predicted octanol–water partition coefficient (Wildman–Crippen LogP) is 0.305. The maximum atomic E-state index is 12.1. The number of hydrogen-bond donors (Lipinski definition) is 1. The van der Waals surface area contributed by atoms with E-state index in [9.17, 15) is 19.2 Å². The van der Waals surface area contributed by atoms with Crippen LogP contribution in [0.25, 0.3) is 0 Å². The average Bonchev–Trinajstić information content (AvgIpc) is 2.70. The summed E-state index contributed by atoms with van der Waals surface area (Å²) in [6, 6.07) is 1.12. The topological polar surface area (TPSA) is 139 Å². The summed E-state index contributed by atoms with van der Waals surface area (Å²) in [4.78, 5) is 51.3. The van der Waals surface area contributed by atoms with Crippen LogP contribution in [0.3, 0.4) is 0 Å². The molecule has 1 N–H and O–H groups in total. The molecule has 0 fully saturated rings. The van der Waals surface area contributed by atoms with Crippen molar-refractivity contribution >= 4 is 29.7 Å². The van der Waals surface area contributed by atoms with E-state index in [1.165, 1.54) is 7.11 Å². The second-order valence-electron chi connectivity index (χ2n) is 4.62.